The van der Waals surface area contributed by atoms with Crippen molar-refractivity contribution in [1.29, 1.82) is 0 Å². The van der Waals surface area contributed by atoms with E-state index in [0.717, 1.165) is 59.9 Å². The van der Waals surface area contributed by atoms with E-state index in [1.54, 1.807) is 24.8 Å². The molecular weight excluding hydrogens is 448 g/mol. The summed E-state index contributed by atoms with van der Waals surface area (Å²) in [7, 11) is 0. The van der Waals surface area contributed by atoms with Crippen LogP contribution >= 0.6 is 11.3 Å². The second kappa shape index (κ2) is 8.41. The molecule has 0 aromatic carbocycles. The number of anilines is 2. The summed E-state index contributed by atoms with van der Waals surface area (Å²) in [5.41, 5.74) is 5.24. The Morgan fingerprint density at radius 2 is 2.00 bits per heavy atom. The number of nitrogens with one attached hydrogen (secondary N) is 1. The second-order valence-corrected chi connectivity index (χ2v) is 10.1. The quantitative estimate of drug-likeness (QED) is 0.473. The molecule has 0 radical (unpaired) electrons. The van der Waals surface area contributed by atoms with Gasteiger partial charge in [-0.15, -0.1) is 0 Å². The summed E-state index contributed by atoms with van der Waals surface area (Å²) >= 11 is 1.41. The van der Waals surface area contributed by atoms with Gasteiger partial charge in [0.1, 0.15) is 0 Å². The number of carbonyl (C=O) groups is 1. The van der Waals surface area contributed by atoms with Crippen molar-refractivity contribution in [3.63, 3.8) is 0 Å². The van der Waals surface area contributed by atoms with Crippen molar-refractivity contribution in [3.8, 4) is 11.1 Å². The molecule has 0 unspecified atom stereocenters. The highest BCUT2D eigenvalue weighted by Crippen LogP contribution is 2.39. The molecule has 2 saturated heterocycles. The molecule has 1 N–H and O–H groups in total. The summed E-state index contributed by atoms with van der Waals surface area (Å²) in [6.07, 6.45) is 9.25. The van der Waals surface area contributed by atoms with Gasteiger partial charge in [-0.25, -0.2) is 4.98 Å². The van der Waals surface area contributed by atoms with Gasteiger partial charge in [-0.3, -0.25) is 20.1 Å². The number of carbonyl (C=O) groups excluding carboxylic acids is 1. The first-order valence-corrected chi connectivity index (χ1v) is 12.2. The van der Waals surface area contributed by atoms with Crippen LogP contribution in [0.2, 0.25) is 0 Å². The van der Waals surface area contributed by atoms with Crippen molar-refractivity contribution in [2.24, 2.45) is 5.41 Å². The van der Waals surface area contributed by atoms with E-state index in [2.05, 4.69) is 30.2 Å². The van der Waals surface area contributed by atoms with Crippen LogP contribution in [0.15, 0.2) is 49.1 Å². The van der Waals surface area contributed by atoms with E-state index >= 15 is 0 Å². The molecule has 0 aliphatic carbocycles. The maximum Gasteiger partial charge on any atom is 0.261 e. The van der Waals surface area contributed by atoms with E-state index in [4.69, 9.17) is 4.74 Å². The molecule has 6 heterocycles. The molecule has 2 aliphatic heterocycles. The SMILES string of the molecule is Cc1cc(N2CCCC3(COC3)C2)c(C(=O)Nc2nc3ncc(-c4ccncc4)cc3s2)cn1. The zero-order valence-corrected chi connectivity index (χ0v) is 19.6. The fourth-order valence-corrected chi connectivity index (χ4v) is 5.62. The van der Waals surface area contributed by atoms with E-state index in [-0.39, 0.29) is 11.3 Å². The molecule has 6 rings (SSSR count). The van der Waals surface area contributed by atoms with Gasteiger partial charge in [0, 0.05) is 54.5 Å². The van der Waals surface area contributed by atoms with Crippen LogP contribution in [0, 0.1) is 12.3 Å². The van der Waals surface area contributed by atoms with Crippen LogP contribution in [0.3, 0.4) is 0 Å². The molecule has 2 fully saturated rings. The molecule has 1 spiro atoms. The molecule has 9 heteroatoms. The molecule has 2 aliphatic rings. The predicted octanol–water partition coefficient (Wildman–Crippen LogP) is 4.33. The zero-order valence-electron chi connectivity index (χ0n) is 18.8. The number of aryl methyl sites for hydroxylation is 1. The van der Waals surface area contributed by atoms with Crippen molar-refractivity contribution in [2.75, 3.05) is 36.5 Å². The summed E-state index contributed by atoms with van der Waals surface area (Å²) in [5.74, 6) is -0.208. The van der Waals surface area contributed by atoms with Crippen molar-refractivity contribution in [1.82, 2.24) is 19.9 Å². The van der Waals surface area contributed by atoms with Gasteiger partial charge >= 0.3 is 0 Å². The highest BCUT2D eigenvalue weighted by Gasteiger charge is 2.42. The number of thiazole rings is 1. The lowest BCUT2D eigenvalue weighted by Crippen LogP contribution is -2.54. The second-order valence-electron chi connectivity index (χ2n) is 9.12. The lowest BCUT2D eigenvalue weighted by atomic mass is 9.78. The summed E-state index contributed by atoms with van der Waals surface area (Å²) in [6, 6.07) is 7.93. The fraction of sp³-hybridized carbons (Fsp3) is 0.320. The van der Waals surface area contributed by atoms with Crippen molar-refractivity contribution in [2.45, 2.75) is 19.8 Å². The summed E-state index contributed by atoms with van der Waals surface area (Å²) < 4.78 is 6.42. The summed E-state index contributed by atoms with van der Waals surface area (Å²) in [4.78, 5) is 33.1. The molecular formula is C25H24N6O2S. The highest BCUT2D eigenvalue weighted by molar-refractivity contribution is 7.22. The van der Waals surface area contributed by atoms with E-state index in [0.29, 0.717) is 16.3 Å². The van der Waals surface area contributed by atoms with Gasteiger partial charge in [0.15, 0.2) is 10.8 Å². The maximum absolute atomic E-state index is 13.3. The molecule has 4 aromatic rings. The molecule has 0 atom stereocenters. The minimum Gasteiger partial charge on any atom is -0.380 e. The lowest BCUT2D eigenvalue weighted by molar-refractivity contribution is -0.117. The summed E-state index contributed by atoms with van der Waals surface area (Å²) in [6.45, 7) is 5.38. The van der Waals surface area contributed by atoms with Gasteiger partial charge in [-0.1, -0.05) is 11.3 Å². The number of aromatic nitrogens is 4. The first kappa shape index (κ1) is 21.1. The molecule has 172 valence electrons. The van der Waals surface area contributed by atoms with Gasteiger partial charge in [-0.05, 0) is 49.6 Å². The number of ether oxygens (including phenoxy) is 1. The topological polar surface area (TPSA) is 93.1 Å². The van der Waals surface area contributed by atoms with Crippen LogP contribution in [0.4, 0.5) is 10.8 Å². The Balaban J connectivity index is 1.26. The van der Waals surface area contributed by atoms with Gasteiger partial charge in [0.2, 0.25) is 0 Å². The third kappa shape index (κ3) is 3.91. The lowest BCUT2D eigenvalue weighted by Gasteiger charge is -2.49. The fourth-order valence-electron chi connectivity index (χ4n) is 4.76. The van der Waals surface area contributed by atoms with E-state index in [1.807, 2.05) is 31.2 Å². The Kier molecular flexibility index (Phi) is 5.23. The largest absolute Gasteiger partial charge is 0.380 e. The van der Waals surface area contributed by atoms with E-state index in [9.17, 15) is 4.79 Å². The Labute approximate surface area is 201 Å². The molecule has 1 amide bonds. The number of fused-ring (bicyclic) bond motifs is 1. The Bertz CT molecular complexity index is 1370. The normalized spacial score (nSPS) is 17.0. The summed E-state index contributed by atoms with van der Waals surface area (Å²) in [5, 5.41) is 3.50. The van der Waals surface area contributed by atoms with Crippen molar-refractivity contribution >= 4 is 38.4 Å². The van der Waals surface area contributed by atoms with Crippen LogP contribution in [0.5, 0.6) is 0 Å². The first-order valence-electron chi connectivity index (χ1n) is 11.4. The van der Waals surface area contributed by atoms with Gasteiger partial charge in [0.05, 0.1) is 29.2 Å². The zero-order chi connectivity index (χ0) is 23.1. The number of amides is 1. The smallest absolute Gasteiger partial charge is 0.261 e. The predicted molar refractivity (Wildman–Crippen MR) is 132 cm³/mol. The Morgan fingerprint density at radius 1 is 1.15 bits per heavy atom. The molecule has 0 saturated carbocycles. The average Bonchev–Trinajstić information content (AvgIpc) is 3.25. The molecule has 34 heavy (non-hydrogen) atoms. The van der Waals surface area contributed by atoms with Gasteiger partial charge in [0.25, 0.3) is 5.91 Å². The minimum absolute atomic E-state index is 0.208. The third-order valence-electron chi connectivity index (χ3n) is 6.56. The van der Waals surface area contributed by atoms with Crippen molar-refractivity contribution in [3.05, 3.63) is 60.3 Å². The number of rotatable bonds is 4. The molecule has 8 nitrogen and oxygen atoms in total. The van der Waals surface area contributed by atoms with Crippen LogP contribution in [-0.2, 0) is 4.74 Å². The van der Waals surface area contributed by atoms with E-state index in [1.165, 1.54) is 17.8 Å². The standard InChI is InChI=1S/C25H24N6O2S/c1-16-9-20(31-8-2-5-25(13-31)14-33-15-25)19(12-27-16)23(32)30-24-29-22-21(34-24)10-18(11-28-22)17-3-6-26-7-4-17/h3-4,6-7,9-12H,2,5,8,13-15H2,1H3,(H,28,29,30,32). The Morgan fingerprint density at radius 3 is 2.79 bits per heavy atom. The van der Waals surface area contributed by atoms with Crippen LogP contribution in [-0.4, -0.2) is 52.1 Å². The number of pyridine rings is 3. The Hall–Kier alpha value is -3.43. The van der Waals surface area contributed by atoms with Crippen LogP contribution in [0.25, 0.3) is 21.5 Å². The monoisotopic (exact) mass is 472 g/mol. The molecule has 4 aromatic heterocycles. The molecule has 0 bridgehead atoms. The number of hydrogen-bond donors (Lipinski definition) is 1. The number of hydrogen-bond acceptors (Lipinski definition) is 8. The van der Waals surface area contributed by atoms with Gasteiger partial charge < -0.3 is 9.64 Å². The number of nitrogens with zero attached hydrogens (tertiary/aromatic N) is 5. The third-order valence-corrected chi connectivity index (χ3v) is 7.47. The van der Waals surface area contributed by atoms with Crippen LogP contribution in [0.1, 0.15) is 28.9 Å². The number of piperidine rings is 1. The average molecular weight is 473 g/mol. The highest BCUT2D eigenvalue weighted by atomic mass is 32.1. The maximum atomic E-state index is 13.3. The van der Waals surface area contributed by atoms with Crippen molar-refractivity contribution < 1.29 is 9.53 Å². The van der Waals surface area contributed by atoms with Crippen LogP contribution < -0.4 is 10.2 Å². The van der Waals surface area contributed by atoms with E-state index < -0.39 is 0 Å². The first-order chi connectivity index (χ1) is 16.6. The van der Waals surface area contributed by atoms with Gasteiger partial charge in [-0.2, -0.15) is 4.98 Å². The minimum atomic E-state index is -0.208.